The number of Topliss-reactive ketones (excluding diaryl/α,β-unsaturated/α-hetero) is 1. The summed E-state index contributed by atoms with van der Waals surface area (Å²) in [5, 5.41) is 0. The van der Waals surface area contributed by atoms with Crippen molar-refractivity contribution in [1.29, 1.82) is 0 Å². The maximum absolute atomic E-state index is 12.0. The molecule has 0 N–H and O–H groups in total. The van der Waals surface area contributed by atoms with Crippen LogP contribution in [0.25, 0.3) is 0 Å². The topological polar surface area (TPSA) is 26.3 Å². The van der Waals surface area contributed by atoms with Gasteiger partial charge in [-0.25, -0.2) is 0 Å². The van der Waals surface area contributed by atoms with E-state index in [1.807, 2.05) is 0 Å². The molecule has 0 amide bonds. The fraction of sp³-hybridized carbons (Fsp3) is 0.786. The normalized spacial score (nSPS) is 41.1. The summed E-state index contributed by atoms with van der Waals surface area (Å²) in [4.78, 5) is 12.0. The molecule has 1 aliphatic carbocycles. The molecule has 0 aromatic rings. The first-order valence-electron chi connectivity index (χ1n) is 6.04. The summed E-state index contributed by atoms with van der Waals surface area (Å²) in [6, 6.07) is 0. The van der Waals surface area contributed by atoms with Crippen molar-refractivity contribution >= 4 is 5.78 Å². The molecule has 0 unspecified atom stereocenters. The smallest absolute Gasteiger partial charge is 0.209 e. The molecule has 2 aliphatic rings. The van der Waals surface area contributed by atoms with Crippen LogP contribution in [0.3, 0.4) is 0 Å². The lowest BCUT2D eigenvalue weighted by Gasteiger charge is -2.49. The van der Waals surface area contributed by atoms with E-state index in [9.17, 15) is 4.79 Å². The Morgan fingerprint density at radius 1 is 1.38 bits per heavy atom. The van der Waals surface area contributed by atoms with Crippen LogP contribution in [0.2, 0.25) is 0 Å². The Hall–Kier alpha value is -0.810. The number of ketones is 1. The molecule has 2 nitrogen and oxygen atoms in total. The van der Waals surface area contributed by atoms with Crippen LogP contribution >= 0.6 is 0 Å². The lowest BCUT2D eigenvalue weighted by Crippen LogP contribution is -2.51. The van der Waals surface area contributed by atoms with Gasteiger partial charge in [0.15, 0.2) is 0 Å². The molecule has 1 saturated carbocycles. The Balaban J connectivity index is 2.40. The Bertz CT molecular complexity index is 350. The molecule has 0 bridgehead atoms. The second-order valence-corrected chi connectivity index (χ2v) is 6.08. The zero-order chi connectivity index (χ0) is 12.0. The van der Waals surface area contributed by atoms with Gasteiger partial charge >= 0.3 is 0 Å². The monoisotopic (exact) mass is 220 g/mol. The van der Waals surface area contributed by atoms with Gasteiger partial charge in [-0.1, -0.05) is 20.8 Å². The minimum atomic E-state index is -0.0504. The van der Waals surface area contributed by atoms with Crippen molar-refractivity contribution in [3.8, 4) is 12.3 Å². The van der Waals surface area contributed by atoms with Crippen LogP contribution < -0.4 is 0 Å². The number of fused-ring (bicyclic) bond motifs is 1. The van der Waals surface area contributed by atoms with Gasteiger partial charge in [0.1, 0.15) is 0 Å². The van der Waals surface area contributed by atoms with E-state index in [0.29, 0.717) is 0 Å². The third-order valence-electron chi connectivity index (χ3n) is 4.59. The van der Waals surface area contributed by atoms with Crippen molar-refractivity contribution in [1.82, 2.24) is 0 Å². The standard InChI is InChI=1S/C14H20O2/c1-5-10(15)12-13(2,3)7-6-11-14(12,4)8-9-16-11/h1,11-12H,6-9H2,2-4H3/t11-,12-,14-/m1/s1. The first-order chi connectivity index (χ1) is 7.42. The van der Waals surface area contributed by atoms with E-state index >= 15 is 0 Å². The third kappa shape index (κ3) is 1.50. The molecular formula is C14H20O2. The summed E-state index contributed by atoms with van der Waals surface area (Å²) in [6.45, 7) is 7.26. The summed E-state index contributed by atoms with van der Waals surface area (Å²) in [5.74, 6) is 2.24. The fourth-order valence-electron chi connectivity index (χ4n) is 3.79. The number of terminal acetylenes is 1. The zero-order valence-electron chi connectivity index (χ0n) is 10.4. The molecule has 2 rings (SSSR count). The van der Waals surface area contributed by atoms with E-state index in [1.165, 1.54) is 0 Å². The van der Waals surface area contributed by atoms with E-state index in [0.717, 1.165) is 25.9 Å². The van der Waals surface area contributed by atoms with Gasteiger partial charge in [-0.05, 0) is 30.6 Å². The number of carbonyl (C=O) groups is 1. The van der Waals surface area contributed by atoms with Crippen LogP contribution in [0, 0.1) is 29.1 Å². The molecule has 0 radical (unpaired) electrons. The molecule has 2 heteroatoms. The third-order valence-corrected chi connectivity index (χ3v) is 4.59. The molecule has 0 aromatic heterocycles. The van der Waals surface area contributed by atoms with Crippen molar-refractivity contribution in [2.75, 3.05) is 6.61 Å². The average Bonchev–Trinajstić information content (AvgIpc) is 2.57. The largest absolute Gasteiger partial charge is 0.378 e. The Labute approximate surface area is 97.7 Å². The van der Waals surface area contributed by atoms with Gasteiger partial charge in [0, 0.05) is 17.9 Å². The SMILES string of the molecule is C#CC(=O)[C@@H]1C(C)(C)CC[C@H]2OCC[C@@]12C. The van der Waals surface area contributed by atoms with E-state index in [-0.39, 0.29) is 28.6 Å². The van der Waals surface area contributed by atoms with Crippen molar-refractivity contribution in [3.05, 3.63) is 0 Å². The highest BCUT2D eigenvalue weighted by molar-refractivity contribution is 5.98. The van der Waals surface area contributed by atoms with Gasteiger partial charge < -0.3 is 4.74 Å². The summed E-state index contributed by atoms with van der Waals surface area (Å²) < 4.78 is 5.76. The number of hydrogen-bond donors (Lipinski definition) is 0. The van der Waals surface area contributed by atoms with Crippen LogP contribution in [0.5, 0.6) is 0 Å². The molecule has 88 valence electrons. The van der Waals surface area contributed by atoms with Gasteiger partial charge in [-0.2, -0.15) is 0 Å². The van der Waals surface area contributed by atoms with E-state index in [1.54, 1.807) is 0 Å². The molecule has 16 heavy (non-hydrogen) atoms. The summed E-state index contributed by atoms with van der Waals surface area (Å²) in [6.07, 6.45) is 8.58. The van der Waals surface area contributed by atoms with Gasteiger partial charge in [0.2, 0.25) is 5.78 Å². The van der Waals surface area contributed by atoms with Crippen LogP contribution in [0.4, 0.5) is 0 Å². The van der Waals surface area contributed by atoms with Crippen molar-refractivity contribution in [2.45, 2.75) is 46.1 Å². The minimum Gasteiger partial charge on any atom is -0.378 e. The van der Waals surface area contributed by atoms with Gasteiger partial charge in [0.05, 0.1) is 6.10 Å². The van der Waals surface area contributed by atoms with Gasteiger partial charge in [-0.15, -0.1) is 6.42 Å². The molecule has 1 saturated heterocycles. The number of carbonyl (C=O) groups excluding carboxylic acids is 1. The highest BCUT2D eigenvalue weighted by Crippen LogP contribution is 2.56. The van der Waals surface area contributed by atoms with Crippen LogP contribution in [0.15, 0.2) is 0 Å². The maximum Gasteiger partial charge on any atom is 0.209 e. The second-order valence-electron chi connectivity index (χ2n) is 6.08. The first kappa shape index (κ1) is 11.7. The predicted molar refractivity (Wildman–Crippen MR) is 62.8 cm³/mol. The van der Waals surface area contributed by atoms with E-state index in [4.69, 9.17) is 11.2 Å². The second kappa shape index (κ2) is 3.60. The number of ether oxygens (including phenoxy) is 1. The summed E-state index contributed by atoms with van der Waals surface area (Å²) in [7, 11) is 0. The number of rotatable bonds is 1. The lowest BCUT2D eigenvalue weighted by molar-refractivity contribution is -0.136. The molecule has 0 aromatic carbocycles. The Morgan fingerprint density at radius 3 is 2.69 bits per heavy atom. The zero-order valence-corrected chi connectivity index (χ0v) is 10.4. The van der Waals surface area contributed by atoms with Gasteiger partial charge in [0.25, 0.3) is 0 Å². The molecule has 1 aliphatic heterocycles. The highest BCUT2D eigenvalue weighted by Gasteiger charge is 2.57. The Kier molecular flexibility index (Phi) is 2.62. The van der Waals surface area contributed by atoms with E-state index < -0.39 is 0 Å². The van der Waals surface area contributed by atoms with Gasteiger partial charge in [-0.3, -0.25) is 4.79 Å². The van der Waals surface area contributed by atoms with Crippen LogP contribution in [-0.4, -0.2) is 18.5 Å². The minimum absolute atomic E-state index is 0.00238. The quantitative estimate of drug-likeness (QED) is 0.501. The fourth-order valence-corrected chi connectivity index (χ4v) is 3.79. The van der Waals surface area contributed by atoms with Crippen molar-refractivity contribution in [2.24, 2.45) is 16.7 Å². The Morgan fingerprint density at radius 2 is 2.06 bits per heavy atom. The van der Waals surface area contributed by atoms with Crippen LogP contribution in [0.1, 0.15) is 40.0 Å². The van der Waals surface area contributed by atoms with E-state index in [2.05, 4.69) is 26.7 Å². The van der Waals surface area contributed by atoms with Crippen LogP contribution in [-0.2, 0) is 9.53 Å². The molecule has 0 spiro atoms. The molecule has 3 atom stereocenters. The average molecular weight is 220 g/mol. The molecule has 1 heterocycles. The first-order valence-corrected chi connectivity index (χ1v) is 6.04. The molecular weight excluding hydrogens is 200 g/mol. The summed E-state index contributed by atoms with van der Waals surface area (Å²) in [5.41, 5.74) is -0.0480. The molecule has 2 fully saturated rings. The van der Waals surface area contributed by atoms with Crippen molar-refractivity contribution < 1.29 is 9.53 Å². The summed E-state index contributed by atoms with van der Waals surface area (Å²) >= 11 is 0. The van der Waals surface area contributed by atoms with Crippen molar-refractivity contribution in [3.63, 3.8) is 0 Å². The maximum atomic E-state index is 12.0. The lowest BCUT2D eigenvalue weighted by atomic mass is 9.54. The predicted octanol–water partition coefficient (Wildman–Crippen LogP) is 2.42. The highest BCUT2D eigenvalue weighted by atomic mass is 16.5. The number of hydrogen-bond acceptors (Lipinski definition) is 2.